The van der Waals surface area contributed by atoms with Crippen molar-refractivity contribution in [1.82, 2.24) is 4.90 Å². The Morgan fingerprint density at radius 3 is 2.41 bits per heavy atom. The zero-order chi connectivity index (χ0) is 16.7. The summed E-state index contributed by atoms with van der Waals surface area (Å²) in [4.78, 5) is 25.1. The van der Waals surface area contributed by atoms with Crippen LogP contribution in [0.2, 0.25) is 0 Å². The molecule has 1 aromatic carbocycles. The molecule has 0 fully saturated rings. The van der Waals surface area contributed by atoms with Gasteiger partial charge in [0.25, 0.3) is 0 Å². The van der Waals surface area contributed by atoms with E-state index in [0.717, 1.165) is 11.1 Å². The SMILES string of the molecule is C=Cc1ccc(C(=O)OCCN(C)C(=O)C(=C)C)cc1C=C. The van der Waals surface area contributed by atoms with Gasteiger partial charge in [0, 0.05) is 12.6 Å². The Hall–Kier alpha value is -2.62. The van der Waals surface area contributed by atoms with Gasteiger partial charge in [-0.3, -0.25) is 4.79 Å². The minimum Gasteiger partial charge on any atom is -0.460 e. The maximum Gasteiger partial charge on any atom is 0.338 e. The minimum atomic E-state index is -0.435. The van der Waals surface area contributed by atoms with E-state index >= 15 is 0 Å². The van der Waals surface area contributed by atoms with Crippen LogP contribution in [0.25, 0.3) is 12.2 Å². The molecule has 4 nitrogen and oxygen atoms in total. The second-order valence-electron chi connectivity index (χ2n) is 4.89. The first-order chi connectivity index (χ1) is 10.4. The number of nitrogens with zero attached hydrogens (tertiary/aromatic N) is 1. The fraction of sp³-hybridized carbons (Fsp3) is 0.222. The van der Waals surface area contributed by atoms with Crippen molar-refractivity contribution in [2.24, 2.45) is 0 Å². The van der Waals surface area contributed by atoms with Gasteiger partial charge >= 0.3 is 5.97 Å². The summed E-state index contributed by atoms with van der Waals surface area (Å²) in [6.07, 6.45) is 3.36. The monoisotopic (exact) mass is 299 g/mol. The molecule has 0 aliphatic carbocycles. The molecule has 0 aliphatic rings. The summed E-state index contributed by atoms with van der Waals surface area (Å²) in [6, 6.07) is 5.17. The first-order valence-corrected chi connectivity index (χ1v) is 6.87. The van der Waals surface area contributed by atoms with Crippen molar-refractivity contribution in [1.29, 1.82) is 0 Å². The molecule has 1 rings (SSSR count). The largest absolute Gasteiger partial charge is 0.460 e. The van der Waals surface area contributed by atoms with Crippen molar-refractivity contribution in [3.05, 3.63) is 60.2 Å². The molecule has 0 spiro atoms. The van der Waals surface area contributed by atoms with E-state index in [9.17, 15) is 9.59 Å². The zero-order valence-electron chi connectivity index (χ0n) is 13.1. The Bertz CT molecular complexity index is 617. The van der Waals surface area contributed by atoms with E-state index in [2.05, 4.69) is 19.7 Å². The summed E-state index contributed by atoms with van der Waals surface area (Å²) < 4.78 is 5.18. The maximum absolute atomic E-state index is 12.0. The van der Waals surface area contributed by atoms with E-state index < -0.39 is 5.97 Å². The minimum absolute atomic E-state index is 0.126. The number of esters is 1. The quantitative estimate of drug-likeness (QED) is 0.574. The lowest BCUT2D eigenvalue weighted by Gasteiger charge is -2.17. The Morgan fingerprint density at radius 2 is 1.86 bits per heavy atom. The van der Waals surface area contributed by atoms with Crippen molar-refractivity contribution < 1.29 is 14.3 Å². The number of amides is 1. The highest BCUT2D eigenvalue weighted by molar-refractivity contribution is 5.92. The normalized spacial score (nSPS) is 9.73. The van der Waals surface area contributed by atoms with Gasteiger partial charge in [0.05, 0.1) is 12.1 Å². The molecular formula is C18H21NO3. The molecule has 0 N–H and O–H groups in total. The number of ether oxygens (including phenoxy) is 1. The molecule has 0 saturated heterocycles. The summed E-state index contributed by atoms with van der Waals surface area (Å²) >= 11 is 0. The van der Waals surface area contributed by atoms with E-state index in [1.165, 1.54) is 4.90 Å². The van der Waals surface area contributed by atoms with Crippen molar-refractivity contribution in [3.8, 4) is 0 Å². The van der Waals surface area contributed by atoms with Crippen LogP contribution < -0.4 is 0 Å². The third kappa shape index (κ3) is 4.45. The van der Waals surface area contributed by atoms with Crippen molar-refractivity contribution >= 4 is 24.0 Å². The second-order valence-corrected chi connectivity index (χ2v) is 4.89. The van der Waals surface area contributed by atoms with Gasteiger partial charge in [-0.25, -0.2) is 4.79 Å². The molecule has 0 aliphatic heterocycles. The lowest BCUT2D eigenvalue weighted by Crippen LogP contribution is -2.31. The van der Waals surface area contributed by atoms with Crippen molar-refractivity contribution in [3.63, 3.8) is 0 Å². The predicted molar refractivity (Wildman–Crippen MR) is 89.4 cm³/mol. The molecule has 22 heavy (non-hydrogen) atoms. The van der Waals surface area contributed by atoms with E-state index in [4.69, 9.17) is 4.74 Å². The van der Waals surface area contributed by atoms with Gasteiger partial charge in [0.1, 0.15) is 6.61 Å². The molecule has 0 atom stereocenters. The van der Waals surface area contributed by atoms with Crippen LogP contribution in [-0.4, -0.2) is 37.0 Å². The predicted octanol–water partition coefficient (Wildman–Crippen LogP) is 3.16. The highest BCUT2D eigenvalue weighted by atomic mass is 16.5. The molecule has 0 radical (unpaired) electrons. The van der Waals surface area contributed by atoms with Gasteiger partial charge < -0.3 is 9.64 Å². The topological polar surface area (TPSA) is 46.6 Å². The third-order valence-electron chi connectivity index (χ3n) is 3.13. The van der Waals surface area contributed by atoms with Gasteiger partial charge in [0.15, 0.2) is 0 Å². The first kappa shape index (κ1) is 17.4. The Kier molecular flexibility index (Phi) is 6.32. The third-order valence-corrected chi connectivity index (χ3v) is 3.13. The molecule has 0 heterocycles. The highest BCUT2D eigenvalue weighted by Gasteiger charge is 2.12. The van der Waals surface area contributed by atoms with Crippen LogP contribution in [0.5, 0.6) is 0 Å². The number of carbonyl (C=O) groups is 2. The standard InChI is InChI=1S/C18H21NO3/c1-6-14-8-9-16(12-15(14)7-2)18(21)22-11-10-19(5)17(20)13(3)4/h6-9,12H,1-3,10-11H2,4-5H3. The summed E-state index contributed by atoms with van der Waals surface area (Å²) in [6.45, 7) is 13.1. The summed E-state index contributed by atoms with van der Waals surface area (Å²) in [5.74, 6) is -0.602. The highest BCUT2D eigenvalue weighted by Crippen LogP contribution is 2.15. The number of benzene rings is 1. The fourth-order valence-electron chi connectivity index (χ4n) is 1.85. The molecule has 4 heteroatoms. The van der Waals surface area contributed by atoms with Crippen LogP contribution in [0.15, 0.2) is 43.5 Å². The molecule has 0 unspecified atom stereocenters. The average molecular weight is 299 g/mol. The zero-order valence-corrected chi connectivity index (χ0v) is 13.1. The summed E-state index contributed by atoms with van der Waals surface area (Å²) in [5, 5.41) is 0. The van der Waals surface area contributed by atoms with Gasteiger partial charge in [-0.2, -0.15) is 0 Å². The second kappa shape index (κ2) is 7.98. The van der Waals surface area contributed by atoms with Gasteiger partial charge in [0.2, 0.25) is 5.91 Å². The Morgan fingerprint density at radius 1 is 1.23 bits per heavy atom. The van der Waals surface area contributed by atoms with E-state index in [1.807, 2.05) is 0 Å². The molecule has 1 amide bonds. The number of carbonyl (C=O) groups excluding carboxylic acids is 2. The molecule has 0 saturated carbocycles. The number of hydrogen-bond acceptors (Lipinski definition) is 3. The lowest BCUT2D eigenvalue weighted by molar-refractivity contribution is -0.126. The van der Waals surface area contributed by atoms with E-state index in [-0.39, 0.29) is 12.5 Å². The van der Waals surface area contributed by atoms with E-state index in [0.29, 0.717) is 17.7 Å². The number of rotatable bonds is 7. The van der Waals surface area contributed by atoms with Crippen LogP contribution in [0, 0.1) is 0 Å². The van der Waals surface area contributed by atoms with Crippen LogP contribution in [0.1, 0.15) is 28.4 Å². The van der Waals surface area contributed by atoms with E-state index in [1.54, 1.807) is 44.3 Å². The Balaban J connectivity index is 2.63. The van der Waals surface area contributed by atoms with Gasteiger partial charge in [-0.15, -0.1) is 0 Å². The van der Waals surface area contributed by atoms with Crippen LogP contribution >= 0.6 is 0 Å². The first-order valence-electron chi connectivity index (χ1n) is 6.87. The van der Waals surface area contributed by atoms with Crippen LogP contribution in [-0.2, 0) is 9.53 Å². The molecular weight excluding hydrogens is 278 g/mol. The summed E-state index contributed by atoms with van der Waals surface area (Å²) in [5.41, 5.74) is 2.61. The maximum atomic E-state index is 12.0. The van der Waals surface area contributed by atoms with Gasteiger partial charge in [-0.1, -0.05) is 38.0 Å². The fourth-order valence-corrected chi connectivity index (χ4v) is 1.85. The summed E-state index contributed by atoms with van der Waals surface area (Å²) in [7, 11) is 1.64. The van der Waals surface area contributed by atoms with Gasteiger partial charge in [-0.05, 0) is 30.2 Å². The Labute approximate surface area is 131 Å². The molecule has 116 valence electrons. The average Bonchev–Trinajstić information content (AvgIpc) is 2.52. The molecule has 0 aromatic heterocycles. The molecule has 1 aromatic rings. The van der Waals surface area contributed by atoms with Crippen molar-refractivity contribution in [2.45, 2.75) is 6.92 Å². The molecule has 0 bridgehead atoms. The van der Waals surface area contributed by atoms with Crippen LogP contribution in [0.4, 0.5) is 0 Å². The number of likely N-dealkylation sites (N-methyl/N-ethyl adjacent to an activating group) is 1. The lowest BCUT2D eigenvalue weighted by atomic mass is 10.0. The van der Waals surface area contributed by atoms with Crippen LogP contribution in [0.3, 0.4) is 0 Å². The number of hydrogen-bond donors (Lipinski definition) is 0. The smallest absolute Gasteiger partial charge is 0.338 e. The van der Waals surface area contributed by atoms with Crippen molar-refractivity contribution in [2.75, 3.05) is 20.2 Å².